The van der Waals surface area contributed by atoms with E-state index in [0.29, 0.717) is 12.4 Å². The zero-order valence-corrected chi connectivity index (χ0v) is 16.7. The fraction of sp³-hybridized carbons (Fsp3) is 0.409. The van der Waals surface area contributed by atoms with E-state index in [1.807, 2.05) is 45.0 Å². The molecule has 148 valence electrons. The smallest absolute Gasteiger partial charge is 0.312 e. The van der Waals surface area contributed by atoms with Crippen molar-refractivity contribution in [2.45, 2.75) is 52.6 Å². The van der Waals surface area contributed by atoms with E-state index in [2.05, 4.69) is 10.3 Å². The highest BCUT2D eigenvalue weighted by Gasteiger charge is 2.28. The van der Waals surface area contributed by atoms with Gasteiger partial charge in [-0.25, -0.2) is 4.98 Å². The first-order chi connectivity index (χ1) is 13.5. The van der Waals surface area contributed by atoms with Gasteiger partial charge in [-0.2, -0.15) is 0 Å². The Morgan fingerprint density at radius 3 is 2.64 bits per heavy atom. The largest absolute Gasteiger partial charge is 0.438 e. The van der Waals surface area contributed by atoms with Crippen molar-refractivity contribution in [2.24, 2.45) is 0 Å². The van der Waals surface area contributed by atoms with Gasteiger partial charge >= 0.3 is 11.8 Å². The molecule has 2 heterocycles. The molecule has 0 bridgehead atoms. The molecular formula is C22H27N3O3. The van der Waals surface area contributed by atoms with E-state index in [-0.39, 0.29) is 12.6 Å². The fourth-order valence-electron chi connectivity index (χ4n) is 3.49. The number of nitrogens with zero attached hydrogens (tertiary/aromatic N) is 2. The van der Waals surface area contributed by atoms with Crippen molar-refractivity contribution >= 4 is 11.8 Å². The Labute approximate surface area is 165 Å². The van der Waals surface area contributed by atoms with E-state index in [1.54, 1.807) is 17.2 Å². The lowest BCUT2D eigenvalue weighted by Crippen LogP contribution is -2.48. The van der Waals surface area contributed by atoms with Gasteiger partial charge in [0.2, 0.25) is 5.88 Å². The molecule has 1 aliphatic rings. The Morgan fingerprint density at radius 1 is 1.18 bits per heavy atom. The van der Waals surface area contributed by atoms with Crippen molar-refractivity contribution in [3.8, 4) is 11.6 Å². The zero-order chi connectivity index (χ0) is 20.1. The molecule has 1 atom stereocenters. The standard InChI is InChI=1S/C22H27N3O3/c1-15-8-6-9-16(2)19(15)28-21-18(11-7-12-23-21)14-24-20(26)22(27)25-13-5-4-10-17(25)3/h6-9,11-12,17H,4-5,10,13-14H2,1-3H3,(H,24,26)/t17-/m0/s1. The second kappa shape index (κ2) is 8.87. The van der Waals surface area contributed by atoms with Crippen LogP contribution >= 0.6 is 0 Å². The Morgan fingerprint density at radius 2 is 1.93 bits per heavy atom. The Hall–Kier alpha value is -2.89. The summed E-state index contributed by atoms with van der Waals surface area (Å²) < 4.78 is 6.04. The van der Waals surface area contributed by atoms with Crippen LogP contribution in [0.2, 0.25) is 0 Å². The number of hydrogen-bond acceptors (Lipinski definition) is 4. The van der Waals surface area contributed by atoms with Crippen LogP contribution in [0, 0.1) is 13.8 Å². The third-order valence-electron chi connectivity index (χ3n) is 5.15. The maximum Gasteiger partial charge on any atom is 0.312 e. The van der Waals surface area contributed by atoms with Crippen LogP contribution in [0.1, 0.15) is 42.9 Å². The van der Waals surface area contributed by atoms with Crippen LogP contribution in [0.15, 0.2) is 36.5 Å². The predicted octanol–water partition coefficient (Wildman–Crippen LogP) is 3.51. The number of rotatable bonds is 4. The fourth-order valence-corrected chi connectivity index (χ4v) is 3.49. The molecule has 1 N–H and O–H groups in total. The van der Waals surface area contributed by atoms with Gasteiger partial charge in [0.05, 0.1) is 0 Å². The summed E-state index contributed by atoms with van der Waals surface area (Å²) in [5, 5.41) is 2.72. The lowest BCUT2D eigenvalue weighted by Gasteiger charge is -2.32. The molecule has 0 aliphatic carbocycles. The lowest BCUT2D eigenvalue weighted by atomic mass is 10.0. The second-order valence-electron chi connectivity index (χ2n) is 7.32. The van der Waals surface area contributed by atoms with E-state index in [9.17, 15) is 9.59 Å². The molecule has 2 aromatic rings. The number of benzene rings is 1. The van der Waals surface area contributed by atoms with Crippen molar-refractivity contribution in [1.29, 1.82) is 0 Å². The van der Waals surface area contributed by atoms with Crippen LogP contribution in [0.5, 0.6) is 11.6 Å². The summed E-state index contributed by atoms with van der Waals surface area (Å²) in [5.74, 6) is 0.134. The van der Waals surface area contributed by atoms with Gasteiger partial charge in [0, 0.05) is 30.9 Å². The van der Waals surface area contributed by atoms with Gasteiger partial charge in [-0.1, -0.05) is 24.3 Å². The molecule has 0 radical (unpaired) electrons. The average Bonchev–Trinajstić information content (AvgIpc) is 2.69. The molecule has 2 amide bonds. The van der Waals surface area contributed by atoms with Crippen molar-refractivity contribution in [1.82, 2.24) is 15.2 Å². The molecule has 3 rings (SSSR count). The third-order valence-corrected chi connectivity index (χ3v) is 5.15. The minimum atomic E-state index is -0.587. The normalized spacial score (nSPS) is 16.5. The van der Waals surface area contributed by atoms with Crippen LogP contribution in [-0.2, 0) is 16.1 Å². The summed E-state index contributed by atoms with van der Waals surface area (Å²) in [6.07, 6.45) is 4.63. The summed E-state index contributed by atoms with van der Waals surface area (Å²) in [7, 11) is 0. The number of amides is 2. The first-order valence-electron chi connectivity index (χ1n) is 9.74. The van der Waals surface area contributed by atoms with Crippen LogP contribution in [0.4, 0.5) is 0 Å². The SMILES string of the molecule is Cc1cccc(C)c1Oc1ncccc1CNC(=O)C(=O)N1CCCC[C@@H]1C. The second-order valence-corrected chi connectivity index (χ2v) is 7.32. The van der Waals surface area contributed by atoms with Crippen molar-refractivity contribution < 1.29 is 14.3 Å². The van der Waals surface area contributed by atoms with Crippen LogP contribution in [0.25, 0.3) is 0 Å². The van der Waals surface area contributed by atoms with Crippen molar-refractivity contribution in [3.63, 3.8) is 0 Å². The molecular weight excluding hydrogens is 354 g/mol. The van der Waals surface area contributed by atoms with Crippen molar-refractivity contribution in [2.75, 3.05) is 6.54 Å². The minimum Gasteiger partial charge on any atom is -0.438 e. The highest BCUT2D eigenvalue weighted by molar-refractivity contribution is 6.35. The number of aryl methyl sites for hydroxylation is 2. The van der Waals surface area contributed by atoms with Crippen LogP contribution in [0.3, 0.4) is 0 Å². The average molecular weight is 381 g/mol. The van der Waals surface area contributed by atoms with E-state index in [0.717, 1.165) is 41.7 Å². The molecule has 28 heavy (non-hydrogen) atoms. The van der Waals surface area contributed by atoms with E-state index in [4.69, 9.17) is 4.74 Å². The van der Waals surface area contributed by atoms with Crippen LogP contribution in [-0.4, -0.2) is 34.3 Å². The number of aromatic nitrogens is 1. The number of carbonyl (C=O) groups excluding carboxylic acids is 2. The van der Waals surface area contributed by atoms with E-state index >= 15 is 0 Å². The molecule has 6 heteroatoms. The van der Waals surface area contributed by atoms with Crippen molar-refractivity contribution in [3.05, 3.63) is 53.2 Å². The van der Waals surface area contributed by atoms with E-state index < -0.39 is 11.8 Å². The van der Waals surface area contributed by atoms with Gasteiger partial charge in [0.1, 0.15) is 5.75 Å². The molecule has 1 saturated heterocycles. The quantitative estimate of drug-likeness (QED) is 0.823. The third kappa shape index (κ3) is 4.50. The van der Waals surface area contributed by atoms with Gasteiger partial charge in [-0.15, -0.1) is 0 Å². The predicted molar refractivity (Wildman–Crippen MR) is 107 cm³/mol. The molecule has 0 spiro atoms. The summed E-state index contributed by atoms with van der Waals surface area (Å²) >= 11 is 0. The summed E-state index contributed by atoms with van der Waals surface area (Å²) in [4.78, 5) is 30.8. The number of para-hydroxylation sites is 1. The number of piperidine rings is 1. The number of nitrogens with one attached hydrogen (secondary N) is 1. The molecule has 1 aliphatic heterocycles. The first kappa shape index (κ1) is 19.9. The molecule has 6 nitrogen and oxygen atoms in total. The highest BCUT2D eigenvalue weighted by Crippen LogP contribution is 2.29. The number of carbonyl (C=O) groups is 2. The van der Waals surface area contributed by atoms with E-state index in [1.165, 1.54) is 0 Å². The number of hydrogen-bond donors (Lipinski definition) is 1. The Balaban J connectivity index is 1.68. The van der Waals surface area contributed by atoms with Gasteiger partial charge in [0.25, 0.3) is 0 Å². The molecule has 1 aromatic carbocycles. The number of likely N-dealkylation sites (tertiary alicyclic amines) is 1. The summed E-state index contributed by atoms with van der Waals surface area (Å²) in [6, 6.07) is 9.66. The minimum absolute atomic E-state index is 0.105. The maximum absolute atomic E-state index is 12.5. The number of ether oxygens (including phenoxy) is 1. The monoisotopic (exact) mass is 381 g/mol. The number of pyridine rings is 1. The molecule has 1 aromatic heterocycles. The zero-order valence-electron chi connectivity index (χ0n) is 16.7. The van der Waals surface area contributed by atoms with Gasteiger partial charge < -0.3 is 15.0 Å². The topological polar surface area (TPSA) is 71.5 Å². The van der Waals surface area contributed by atoms with Gasteiger partial charge in [-0.05, 0) is 57.2 Å². The summed E-state index contributed by atoms with van der Waals surface area (Å²) in [5.41, 5.74) is 2.74. The Kier molecular flexibility index (Phi) is 6.29. The molecule has 0 saturated carbocycles. The highest BCUT2D eigenvalue weighted by atomic mass is 16.5. The Bertz CT molecular complexity index is 846. The van der Waals surface area contributed by atoms with Gasteiger partial charge in [0.15, 0.2) is 0 Å². The first-order valence-corrected chi connectivity index (χ1v) is 9.74. The maximum atomic E-state index is 12.5. The molecule has 0 unspecified atom stereocenters. The van der Waals surface area contributed by atoms with Crippen LogP contribution < -0.4 is 10.1 Å². The lowest BCUT2D eigenvalue weighted by molar-refractivity contribution is -0.148. The summed E-state index contributed by atoms with van der Waals surface area (Å²) in [6.45, 7) is 6.76. The van der Waals surface area contributed by atoms with Gasteiger partial charge in [-0.3, -0.25) is 9.59 Å². The molecule has 1 fully saturated rings.